The number of halogens is 1. The Labute approximate surface area is 141 Å². The van der Waals surface area contributed by atoms with Gasteiger partial charge in [0.2, 0.25) is 0 Å². The van der Waals surface area contributed by atoms with E-state index in [2.05, 4.69) is 5.32 Å². The fourth-order valence-corrected chi connectivity index (χ4v) is 3.11. The number of rotatable bonds is 5. The number of amides is 1. The highest BCUT2D eigenvalue weighted by Crippen LogP contribution is 2.22. The van der Waals surface area contributed by atoms with Crippen molar-refractivity contribution in [1.82, 2.24) is 9.88 Å². The number of carbonyl (C=O) groups excluding carboxylic acids is 1. The average Bonchev–Trinajstić information content (AvgIpc) is 2.72. The monoisotopic (exact) mass is 354 g/mol. The number of hydrogen-bond donors (Lipinski definition) is 1. The van der Waals surface area contributed by atoms with Crippen LogP contribution >= 0.6 is 11.6 Å². The van der Waals surface area contributed by atoms with Crippen LogP contribution in [-0.4, -0.2) is 37.4 Å². The summed E-state index contributed by atoms with van der Waals surface area (Å²) in [7, 11) is -3.10. The Morgan fingerprint density at radius 1 is 1.26 bits per heavy atom. The van der Waals surface area contributed by atoms with Gasteiger partial charge >= 0.3 is 0 Å². The molecule has 2 rings (SSSR count). The second kappa shape index (κ2) is 6.76. The van der Waals surface area contributed by atoms with Crippen molar-refractivity contribution in [2.75, 3.05) is 18.6 Å². The van der Waals surface area contributed by atoms with Crippen molar-refractivity contribution < 1.29 is 13.2 Å². The maximum atomic E-state index is 12.3. The Morgan fingerprint density at radius 2 is 1.96 bits per heavy atom. The average molecular weight is 355 g/mol. The highest BCUT2D eigenvalue weighted by molar-refractivity contribution is 7.90. The van der Waals surface area contributed by atoms with Gasteiger partial charge in [-0.05, 0) is 38.1 Å². The molecule has 0 spiro atoms. The van der Waals surface area contributed by atoms with Gasteiger partial charge in [-0.1, -0.05) is 17.7 Å². The van der Waals surface area contributed by atoms with E-state index in [9.17, 15) is 13.2 Å². The van der Waals surface area contributed by atoms with Crippen LogP contribution in [0.1, 0.15) is 21.7 Å². The summed E-state index contributed by atoms with van der Waals surface area (Å²) in [5.41, 5.74) is 3.08. The predicted molar refractivity (Wildman–Crippen MR) is 92.3 cm³/mol. The Bertz CT molecular complexity index is 841. The molecule has 0 fully saturated rings. The second-order valence-corrected chi connectivity index (χ2v) is 8.18. The van der Waals surface area contributed by atoms with Gasteiger partial charge in [0.1, 0.15) is 9.84 Å². The van der Waals surface area contributed by atoms with E-state index < -0.39 is 9.84 Å². The summed E-state index contributed by atoms with van der Waals surface area (Å²) in [6.45, 7) is 3.85. The third-order valence-corrected chi connectivity index (χ3v) is 4.68. The molecular formula is C16H19ClN2O3S. The van der Waals surface area contributed by atoms with Crippen molar-refractivity contribution in [3.63, 3.8) is 0 Å². The molecule has 0 atom stereocenters. The number of benzene rings is 1. The van der Waals surface area contributed by atoms with Gasteiger partial charge in [-0.3, -0.25) is 4.79 Å². The Morgan fingerprint density at radius 3 is 2.57 bits per heavy atom. The van der Waals surface area contributed by atoms with E-state index in [-0.39, 0.29) is 18.2 Å². The standard InChI is InChI=1S/C16H19ClN2O3S/c1-11-9-15(16(20)18-7-8-23(3,21)22)12(2)19(11)14-6-4-5-13(17)10-14/h4-6,9-10H,7-8H2,1-3H3,(H,18,20). The Kier molecular flexibility index (Phi) is 5.16. The molecule has 0 bridgehead atoms. The molecule has 0 radical (unpaired) electrons. The summed E-state index contributed by atoms with van der Waals surface area (Å²) in [5.74, 6) is -0.360. The quantitative estimate of drug-likeness (QED) is 0.897. The topological polar surface area (TPSA) is 68.2 Å². The molecule has 2 aromatic rings. The fraction of sp³-hybridized carbons (Fsp3) is 0.312. The van der Waals surface area contributed by atoms with Gasteiger partial charge in [0.25, 0.3) is 5.91 Å². The van der Waals surface area contributed by atoms with Crippen LogP contribution in [0.2, 0.25) is 5.02 Å². The van der Waals surface area contributed by atoms with E-state index >= 15 is 0 Å². The number of aromatic nitrogens is 1. The van der Waals surface area contributed by atoms with E-state index in [1.54, 1.807) is 12.1 Å². The van der Waals surface area contributed by atoms with E-state index in [0.717, 1.165) is 23.3 Å². The number of hydrogen-bond acceptors (Lipinski definition) is 3. The normalized spacial score (nSPS) is 11.5. The van der Waals surface area contributed by atoms with Gasteiger partial charge < -0.3 is 9.88 Å². The zero-order chi connectivity index (χ0) is 17.2. The molecule has 1 N–H and O–H groups in total. The minimum atomic E-state index is -3.10. The predicted octanol–water partition coefficient (Wildman–Crippen LogP) is 2.52. The van der Waals surface area contributed by atoms with E-state index in [0.29, 0.717) is 10.6 Å². The van der Waals surface area contributed by atoms with Crippen LogP contribution in [0.5, 0.6) is 0 Å². The molecule has 5 nitrogen and oxygen atoms in total. The highest BCUT2D eigenvalue weighted by atomic mass is 35.5. The molecule has 1 aromatic carbocycles. The minimum Gasteiger partial charge on any atom is -0.351 e. The van der Waals surface area contributed by atoms with Crippen molar-refractivity contribution in [2.24, 2.45) is 0 Å². The van der Waals surface area contributed by atoms with Crippen molar-refractivity contribution in [3.05, 3.63) is 52.3 Å². The van der Waals surface area contributed by atoms with Crippen LogP contribution in [0.25, 0.3) is 5.69 Å². The summed E-state index contributed by atoms with van der Waals surface area (Å²) < 4.78 is 24.2. The van der Waals surface area contributed by atoms with Gasteiger partial charge in [-0.25, -0.2) is 8.42 Å². The third kappa shape index (κ3) is 4.36. The lowest BCUT2D eigenvalue weighted by Gasteiger charge is -2.10. The molecule has 1 heterocycles. The van der Waals surface area contributed by atoms with Crippen LogP contribution in [0.3, 0.4) is 0 Å². The van der Waals surface area contributed by atoms with Gasteiger partial charge in [0.15, 0.2) is 0 Å². The molecule has 23 heavy (non-hydrogen) atoms. The SMILES string of the molecule is Cc1cc(C(=O)NCCS(C)(=O)=O)c(C)n1-c1cccc(Cl)c1. The lowest BCUT2D eigenvalue weighted by molar-refractivity contribution is 0.0955. The van der Waals surface area contributed by atoms with Crippen molar-refractivity contribution in [3.8, 4) is 5.69 Å². The molecule has 0 saturated heterocycles. The van der Waals surface area contributed by atoms with Gasteiger partial charge in [0, 0.05) is 34.9 Å². The summed E-state index contributed by atoms with van der Waals surface area (Å²) in [6.07, 6.45) is 1.14. The first-order chi connectivity index (χ1) is 10.7. The molecule has 0 unspecified atom stereocenters. The smallest absolute Gasteiger partial charge is 0.253 e. The van der Waals surface area contributed by atoms with Gasteiger partial charge in [-0.15, -0.1) is 0 Å². The summed E-state index contributed by atoms with van der Waals surface area (Å²) >= 11 is 6.03. The van der Waals surface area contributed by atoms with Crippen LogP contribution in [0.4, 0.5) is 0 Å². The molecule has 0 aliphatic carbocycles. The molecule has 7 heteroatoms. The molecule has 124 valence electrons. The maximum Gasteiger partial charge on any atom is 0.253 e. The molecule has 0 aliphatic rings. The number of carbonyl (C=O) groups is 1. The zero-order valence-electron chi connectivity index (χ0n) is 13.3. The number of aryl methyl sites for hydroxylation is 1. The first-order valence-electron chi connectivity index (χ1n) is 7.10. The van der Waals surface area contributed by atoms with Crippen LogP contribution in [-0.2, 0) is 9.84 Å². The lowest BCUT2D eigenvalue weighted by Crippen LogP contribution is -2.29. The number of nitrogens with zero attached hydrogens (tertiary/aromatic N) is 1. The largest absolute Gasteiger partial charge is 0.351 e. The van der Waals surface area contributed by atoms with E-state index in [1.165, 1.54) is 0 Å². The zero-order valence-corrected chi connectivity index (χ0v) is 14.8. The molecule has 0 saturated carbocycles. The first kappa shape index (κ1) is 17.6. The van der Waals surface area contributed by atoms with E-state index in [1.807, 2.05) is 36.6 Å². The van der Waals surface area contributed by atoms with E-state index in [4.69, 9.17) is 11.6 Å². The third-order valence-electron chi connectivity index (χ3n) is 3.50. The summed E-state index contributed by atoms with van der Waals surface area (Å²) in [4.78, 5) is 12.3. The van der Waals surface area contributed by atoms with Crippen molar-refractivity contribution in [2.45, 2.75) is 13.8 Å². The van der Waals surface area contributed by atoms with Crippen molar-refractivity contribution >= 4 is 27.3 Å². The molecule has 1 aromatic heterocycles. The van der Waals surface area contributed by atoms with Crippen LogP contribution in [0, 0.1) is 13.8 Å². The Balaban J connectivity index is 2.25. The fourth-order valence-electron chi connectivity index (χ4n) is 2.45. The minimum absolute atomic E-state index is 0.0776. The second-order valence-electron chi connectivity index (χ2n) is 5.49. The first-order valence-corrected chi connectivity index (χ1v) is 9.53. The van der Waals surface area contributed by atoms with Crippen molar-refractivity contribution in [1.29, 1.82) is 0 Å². The van der Waals surface area contributed by atoms with Gasteiger partial charge in [-0.2, -0.15) is 0 Å². The Hall–Kier alpha value is -1.79. The molecule has 1 amide bonds. The van der Waals surface area contributed by atoms with Crippen LogP contribution < -0.4 is 5.32 Å². The summed E-state index contributed by atoms with van der Waals surface area (Å²) in [5, 5.41) is 3.26. The summed E-state index contributed by atoms with van der Waals surface area (Å²) in [6, 6.07) is 9.16. The maximum absolute atomic E-state index is 12.3. The molecule has 0 aliphatic heterocycles. The van der Waals surface area contributed by atoms with Crippen LogP contribution in [0.15, 0.2) is 30.3 Å². The highest BCUT2D eigenvalue weighted by Gasteiger charge is 2.17. The van der Waals surface area contributed by atoms with Gasteiger partial charge in [0.05, 0.1) is 11.3 Å². The molecular weight excluding hydrogens is 336 g/mol. The lowest BCUT2D eigenvalue weighted by atomic mass is 10.2. The number of nitrogens with one attached hydrogen (secondary N) is 1. The number of sulfone groups is 1.